The molecule has 0 N–H and O–H groups in total. The number of rotatable bonds is 2. The average Bonchev–Trinajstić information content (AvgIpc) is 3.43. The lowest BCUT2D eigenvalue weighted by Gasteiger charge is -2.50. The van der Waals surface area contributed by atoms with Gasteiger partial charge in [-0.1, -0.05) is 12.1 Å². The fourth-order valence-corrected chi connectivity index (χ4v) is 4.98. The molecule has 4 aliphatic rings. The smallest absolute Gasteiger partial charge is 0.231 e. The summed E-state index contributed by atoms with van der Waals surface area (Å²) >= 11 is 0. The van der Waals surface area contributed by atoms with Crippen LogP contribution in [-0.4, -0.2) is 55.4 Å². The number of hydrogen-bond donors (Lipinski definition) is 0. The molecule has 1 fully saturated rings. The van der Waals surface area contributed by atoms with E-state index in [0.29, 0.717) is 0 Å². The third kappa shape index (κ3) is 2.58. The molecule has 0 bridgehead atoms. The first-order chi connectivity index (χ1) is 14.7. The Hall–Kier alpha value is -2.93. The third-order valence-corrected chi connectivity index (χ3v) is 6.68. The van der Waals surface area contributed by atoms with E-state index in [-0.39, 0.29) is 12.8 Å². The van der Waals surface area contributed by atoms with E-state index in [2.05, 4.69) is 29.1 Å². The lowest BCUT2D eigenvalue weighted by atomic mass is 9.90. The van der Waals surface area contributed by atoms with Gasteiger partial charge in [-0.05, 0) is 31.3 Å². The molecule has 7 heteroatoms. The van der Waals surface area contributed by atoms with Gasteiger partial charge < -0.3 is 23.8 Å². The third-order valence-electron chi connectivity index (χ3n) is 6.68. The second kappa shape index (κ2) is 6.54. The van der Waals surface area contributed by atoms with Crippen LogP contribution >= 0.6 is 0 Å². The quantitative estimate of drug-likeness (QED) is 0.761. The van der Waals surface area contributed by atoms with Gasteiger partial charge in [0.2, 0.25) is 12.5 Å². The highest BCUT2D eigenvalue weighted by atomic mass is 16.7. The van der Waals surface area contributed by atoms with Gasteiger partial charge in [0, 0.05) is 43.5 Å². The number of hydrogen-bond acceptors (Lipinski definition) is 7. The van der Waals surface area contributed by atoms with E-state index in [4.69, 9.17) is 24.0 Å². The SMILES string of the molecule is COc1cccc2c1OC1(CCN(C)CC1)N1N=C(c3ccc4c(c3)OCO4)C[C@@H]21. The Morgan fingerprint density at radius 3 is 2.77 bits per heavy atom. The summed E-state index contributed by atoms with van der Waals surface area (Å²) in [5.74, 6) is 3.24. The maximum absolute atomic E-state index is 6.73. The summed E-state index contributed by atoms with van der Waals surface area (Å²) < 4.78 is 23.4. The molecule has 156 valence electrons. The minimum Gasteiger partial charge on any atom is -0.493 e. The highest BCUT2D eigenvalue weighted by Gasteiger charge is 2.52. The fourth-order valence-electron chi connectivity index (χ4n) is 4.98. The lowest BCUT2D eigenvalue weighted by molar-refractivity contribution is -0.148. The Morgan fingerprint density at radius 2 is 1.93 bits per heavy atom. The van der Waals surface area contributed by atoms with Crippen LogP contribution in [0.2, 0.25) is 0 Å². The minimum absolute atomic E-state index is 0.132. The largest absolute Gasteiger partial charge is 0.493 e. The van der Waals surface area contributed by atoms with Crippen molar-refractivity contribution in [3.8, 4) is 23.0 Å². The molecule has 2 aromatic rings. The van der Waals surface area contributed by atoms with Crippen molar-refractivity contribution in [1.29, 1.82) is 0 Å². The number of piperidine rings is 1. The van der Waals surface area contributed by atoms with Crippen molar-refractivity contribution in [1.82, 2.24) is 9.91 Å². The van der Waals surface area contributed by atoms with Crippen LogP contribution in [0.25, 0.3) is 0 Å². The van der Waals surface area contributed by atoms with Gasteiger partial charge in [0.15, 0.2) is 23.0 Å². The molecular weight excluding hydrogens is 382 g/mol. The fraction of sp³-hybridized carbons (Fsp3) is 0.435. The van der Waals surface area contributed by atoms with Gasteiger partial charge in [-0.3, -0.25) is 0 Å². The monoisotopic (exact) mass is 407 g/mol. The topological polar surface area (TPSA) is 55.8 Å². The van der Waals surface area contributed by atoms with Crippen LogP contribution in [-0.2, 0) is 0 Å². The number of fused-ring (bicyclic) bond motifs is 5. The Morgan fingerprint density at radius 1 is 1.10 bits per heavy atom. The first-order valence-corrected chi connectivity index (χ1v) is 10.5. The van der Waals surface area contributed by atoms with E-state index in [1.165, 1.54) is 0 Å². The first kappa shape index (κ1) is 17.9. The molecule has 6 rings (SSSR count). The first-order valence-electron chi connectivity index (χ1n) is 10.5. The van der Waals surface area contributed by atoms with Gasteiger partial charge in [0.25, 0.3) is 0 Å². The molecule has 7 nitrogen and oxygen atoms in total. The van der Waals surface area contributed by atoms with Crippen molar-refractivity contribution >= 4 is 5.71 Å². The zero-order valence-corrected chi connectivity index (χ0v) is 17.3. The molecule has 0 aromatic heterocycles. The van der Waals surface area contributed by atoms with Crippen molar-refractivity contribution < 1.29 is 18.9 Å². The zero-order valence-electron chi connectivity index (χ0n) is 17.3. The Kier molecular flexibility index (Phi) is 3.90. The van der Waals surface area contributed by atoms with Crippen molar-refractivity contribution in [2.24, 2.45) is 5.10 Å². The standard InChI is InChI=1S/C23H25N3O4/c1-25-10-8-23(9-11-25)26-18(16-4-3-5-20(27-2)22(16)30-23)13-17(24-26)15-6-7-19-21(12-15)29-14-28-19/h3-7,12,18H,8-11,13-14H2,1-2H3/t18-/m0/s1. The molecule has 0 unspecified atom stereocenters. The van der Waals surface area contributed by atoms with Gasteiger partial charge in [0.05, 0.1) is 18.9 Å². The number of para-hydroxylation sites is 1. The molecule has 0 radical (unpaired) electrons. The molecule has 4 heterocycles. The van der Waals surface area contributed by atoms with Gasteiger partial charge in [0.1, 0.15) is 0 Å². The van der Waals surface area contributed by atoms with Gasteiger partial charge in [-0.25, -0.2) is 5.01 Å². The van der Waals surface area contributed by atoms with Crippen LogP contribution in [0.15, 0.2) is 41.5 Å². The average molecular weight is 407 g/mol. The summed E-state index contributed by atoms with van der Waals surface area (Å²) in [5.41, 5.74) is 2.81. The van der Waals surface area contributed by atoms with E-state index in [0.717, 1.165) is 72.2 Å². The second-order valence-corrected chi connectivity index (χ2v) is 8.41. The summed E-state index contributed by atoms with van der Waals surface area (Å²) in [6, 6.07) is 12.3. The summed E-state index contributed by atoms with van der Waals surface area (Å²) in [6.45, 7) is 2.23. The maximum Gasteiger partial charge on any atom is 0.231 e. The zero-order chi connectivity index (χ0) is 20.3. The van der Waals surface area contributed by atoms with E-state index in [9.17, 15) is 0 Å². The van der Waals surface area contributed by atoms with Crippen LogP contribution < -0.4 is 18.9 Å². The van der Waals surface area contributed by atoms with Crippen LogP contribution in [0.5, 0.6) is 23.0 Å². The van der Waals surface area contributed by atoms with E-state index in [1.54, 1.807) is 7.11 Å². The van der Waals surface area contributed by atoms with E-state index < -0.39 is 5.72 Å². The molecular formula is C23H25N3O4. The Labute approximate surface area is 175 Å². The lowest BCUT2D eigenvalue weighted by Crippen LogP contribution is -2.58. The number of nitrogens with zero attached hydrogens (tertiary/aromatic N) is 3. The normalized spacial score (nSPS) is 23.6. The molecule has 4 aliphatic heterocycles. The summed E-state index contributed by atoms with van der Waals surface area (Å²) in [5, 5.41) is 7.36. The van der Waals surface area contributed by atoms with Crippen molar-refractivity contribution in [3.05, 3.63) is 47.5 Å². The predicted molar refractivity (Wildman–Crippen MR) is 111 cm³/mol. The molecule has 1 saturated heterocycles. The maximum atomic E-state index is 6.73. The summed E-state index contributed by atoms with van der Waals surface area (Å²) in [6.07, 6.45) is 2.62. The van der Waals surface area contributed by atoms with Crippen LogP contribution in [0, 0.1) is 0 Å². The van der Waals surface area contributed by atoms with Crippen molar-refractivity contribution in [3.63, 3.8) is 0 Å². The number of methoxy groups -OCH3 is 1. The van der Waals surface area contributed by atoms with Crippen molar-refractivity contribution in [2.75, 3.05) is 34.0 Å². The number of likely N-dealkylation sites (tertiary alicyclic amines) is 1. The van der Waals surface area contributed by atoms with E-state index in [1.807, 2.05) is 24.3 Å². The molecule has 0 aliphatic carbocycles. The molecule has 2 aromatic carbocycles. The Bertz CT molecular complexity index is 1030. The van der Waals surface area contributed by atoms with Gasteiger partial charge in [-0.15, -0.1) is 0 Å². The molecule has 1 atom stereocenters. The predicted octanol–water partition coefficient (Wildman–Crippen LogP) is 3.39. The number of benzene rings is 2. The highest BCUT2D eigenvalue weighted by Crippen LogP contribution is 2.52. The number of ether oxygens (including phenoxy) is 4. The van der Waals surface area contributed by atoms with E-state index >= 15 is 0 Å². The van der Waals surface area contributed by atoms with Crippen LogP contribution in [0.1, 0.15) is 36.4 Å². The molecule has 0 amide bonds. The molecule has 30 heavy (non-hydrogen) atoms. The second-order valence-electron chi connectivity index (χ2n) is 8.41. The minimum atomic E-state index is -0.448. The van der Waals surface area contributed by atoms with Gasteiger partial charge >= 0.3 is 0 Å². The summed E-state index contributed by atoms with van der Waals surface area (Å²) in [4.78, 5) is 2.35. The van der Waals surface area contributed by atoms with Crippen LogP contribution in [0.4, 0.5) is 0 Å². The van der Waals surface area contributed by atoms with Gasteiger partial charge in [-0.2, -0.15) is 5.10 Å². The summed E-state index contributed by atoms with van der Waals surface area (Å²) in [7, 11) is 3.86. The molecule has 1 spiro atoms. The highest BCUT2D eigenvalue weighted by molar-refractivity contribution is 6.02. The molecule has 0 saturated carbocycles. The van der Waals surface area contributed by atoms with Crippen LogP contribution in [0.3, 0.4) is 0 Å². The Balaban J connectivity index is 1.44. The van der Waals surface area contributed by atoms with Crippen molar-refractivity contribution in [2.45, 2.75) is 31.0 Å². The number of hydrazone groups is 1.